The number of ketones is 1. The third-order valence-electron chi connectivity index (χ3n) is 11.6. The van der Waals surface area contributed by atoms with E-state index < -0.39 is 0 Å². The molecule has 0 aromatic rings. The molecule has 0 bridgehead atoms. The molecule has 7 aliphatic carbocycles. The SMILES string of the molecule is COC(=O)[C@]1(C)[C@H]2[C@@H]3CC[C@H]4C(=O)[C@@]5(C)[C@H]([C@@H]2[C@H]2[C@H]5[C@H]5CCC[C@@H]5[C@@H]21)[C@H]34. The molecule has 26 heavy (non-hydrogen) atoms. The Morgan fingerprint density at radius 3 is 2.27 bits per heavy atom. The first-order valence-electron chi connectivity index (χ1n) is 11.1. The molecule has 7 aliphatic rings. The third-order valence-corrected chi connectivity index (χ3v) is 11.6. The summed E-state index contributed by atoms with van der Waals surface area (Å²) in [6.07, 6.45) is 6.15. The van der Waals surface area contributed by atoms with Crippen molar-refractivity contribution in [2.75, 3.05) is 7.11 Å². The molecule has 3 heteroatoms. The number of carbonyl (C=O) groups excluding carboxylic acids is 2. The normalized spacial score (nSPS) is 68.0. The standard InChI is InChI=1S/C23H30O3/c1-22-16-9-5-4-6-10(9)17-14(16)15-18(23(17,2)21(25)26-3)11-7-8-12(20(22)24)13(11)19(15)22/h9-19H,4-8H2,1-3H3/t9-,10-,11+,12+,13+,14-,15+,16+,17-,18-,19-,22+,23-/m0/s1. The van der Waals surface area contributed by atoms with Gasteiger partial charge in [0.25, 0.3) is 0 Å². The molecule has 0 N–H and O–H groups in total. The zero-order valence-corrected chi connectivity index (χ0v) is 16.1. The minimum absolute atomic E-state index is 0.0580. The second-order valence-corrected chi connectivity index (χ2v) is 11.4. The summed E-state index contributed by atoms with van der Waals surface area (Å²) in [4.78, 5) is 26.9. The molecule has 0 radical (unpaired) electrons. The van der Waals surface area contributed by atoms with Crippen LogP contribution in [0.5, 0.6) is 0 Å². The Morgan fingerprint density at radius 2 is 1.54 bits per heavy atom. The van der Waals surface area contributed by atoms with Crippen LogP contribution in [-0.2, 0) is 14.3 Å². The van der Waals surface area contributed by atoms with E-state index in [1.165, 1.54) is 25.7 Å². The van der Waals surface area contributed by atoms with Gasteiger partial charge in [0.2, 0.25) is 0 Å². The molecular formula is C23H30O3. The lowest BCUT2D eigenvalue weighted by molar-refractivity contribution is -0.160. The lowest BCUT2D eigenvalue weighted by Crippen LogP contribution is -2.44. The first-order valence-corrected chi connectivity index (χ1v) is 11.1. The number of fused-ring (bicyclic) bond motifs is 5. The van der Waals surface area contributed by atoms with Crippen LogP contribution in [0.2, 0.25) is 0 Å². The lowest BCUT2D eigenvalue weighted by atomic mass is 9.64. The minimum Gasteiger partial charge on any atom is -0.469 e. The molecule has 13 atom stereocenters. The second kappa shape index (κ2) is 4.10. The monoisotopic (exact) mass is 354 g/mol. The van der Waals surface area contributed by atoms with Crippen LogP contribution >= 0.6 is 0 Å². The van der Waals surface area contributed by atoms with E-state index in [0.29, 0.717) is 70.9 Å². The maximum Gasteiger partial charge on any atom is 0.312 e. The molecule has 0 saturated heterocycles. The maximum absolute atomic E-state index is 13.7. The van der Waals surface area contributed by atoms with Crippen LogP contribution in [0.4, 0.5) is 0 Å². The summed E-state index contributed by atoms with van der Waals surface area (Å²) in [7, 11) is 1.60. The van der Waals surface area contributed by atoms with Crippen molar-refractivity contribution in [3.8, 4) is 0 Å². The van der Waals surface area contributed by atoms with E-state index in [4.69, 9.17) is 4.74 Å². The number of ether oxygens (including phenoxy) is 1. The van der Waals surface area contributed by atoms with Crippen molar-refractivity contribution in [3.63, 3.8) is 0 Å². The Kier molecular flexibility index (Phi) is 2.38. The van der Waals surface area contributed by atoms with Crippen molar-refractivity contribution >= 4 is 11.8 Å². The third kappa shape index (κ3) is 1.13. The van der Waals surface area contributed by atoms with E-state index in [2.05, 4.69) is 13.8 Å². The Hall–Kier alpha value is -0.860. The number of hydrogen-bond donors (Lipinski definition) is 0. The molecule has 0 spiro atoms. The van der Waals surface area contributed by atoms with Crippen LogP contribution in [0.15, 0.2) is 0 Å². The molecular weight excluding hydrogens is 324 g/mol. The van der Waals surface area contributed by atoms with Crippen LogP contribution < -0.4 is 0 Å². The highest BCUT2D eigenvalue weighted by atomic mass is 16.5. The number of Topliss-reactive ketones (excluding diaryl/α,β-unsaturated/α-hetero) is 1. The quantitative estimate of drug-likeness (QED) is 0.676. The molecule has 140 valence electrons. The number of rotatable bonds is 1. The van der Waals surface area contributed by atoms with Gasteiger partial charge in [-0.15, -0.1) is 0 Å². The molecule has 0 aromatic carbocycles. The van der Waals surface area contributed by atoms with Gasteiger partial charge in [0, 0.05) is 11.3 Å². The summed E-state index contributed by atoms with van der Waals surface area (Å²) in [6.45, 7) is 4.67. The van der Waals surface area contributed by atoms with E-state index in [1.807, 2.05) is 0 Å². The van der Waals surface area contributed by atoms with Crippen LogP contribution in [0, 0.1) is 75.9 Å². The maximum atomic E-state index is 13.7. The first kappa shape index (κ1) is 15.1. The fourth-order valence-corrected chi connectivity index (χ4v) is 11.7. The summed E-state index contributed by atoms with van der Waals surface area (Å²) in [5.74, 6) is 7.02. The molecule has 0 aromatic heterocycles. The van der Waals surface area contributed by atoms with Gasteiger partial charge in [0.1, 0.15) is 5.78 Å². The van der Waals surface area contributed by atoms with Crippen LogP contribution in [0.3, 0.4) is 0 Å². The van der Waals surface area contributed by atoms with Gasteiger partial charge in [-0.05, 0) is 91.8 Å². The first-order chi connectivity index (χ1) is 12.5. The summed E-state index contributed by atoms with van der Waals surface area (Å²) < 4.78 is 5.48. The van der Waals surface area contributed by atoms with Crippen LogP contribution in [0.25, 0.3) is 0 Å². The topological polar surface area (TPSA) is 43.4 Å². The summed E-state index contributed by atoms with van der Waals surface area (Å²) >= 11 is 0. The molecule has 7 saturated carbocycles. The van der Waals surface area contributed by atoms with Crippen molar-refractivity contribution in [1.82, 2.24) is 0 Å². The fraction of sp³-hybridized carbons (Fsp3) is 0.913. The zero-order chi connectivity index (χ0) is 17.7. The Labute approximate surface area is 155 Å². The second-order valence-electron chi connectivity index (χ2n) is 11.4. The minimum atomic E-state index is -0.291. The fourth-order valence-electron chi connectivity index (χ4n) is 11.7. The van der Waals surface area contributed by atoms with Gasteiger partial charge in [-0.2, -0.15) is 0 Å². The predicted molar refractivity (Wildman–Crippen MR) is 94.7 cm³/mol. The number of hydrogen-bond acceptors (Lipinski definition) is 3. The van der Waals surface area contributed by atoms with Crippen molar-refractivity contribution in [2.24, 2.45) is 75.9 Å². The molecule has 0 amide bonds. The molecule has 0 aliphatic heterocycles. The van der Waals surface area contributed by atoms with Crippen LogP contribution in [0.1, 0.15) is 46.0 Å². The molecule has 7 rings (SSSR count). The van der Waals surface area contributed by atoms with E-state index >= 15 is 0 Å². The van der Waals surface area contributed by atoms with E-state index in [9.17, 15) is 9.59 Å². The summed E-state index contributed by atoms with van der Waals surface area (Å²) in [5, 5.41) is 0. The Bertz CT molecular complexity index is 751. The number of methoxy groups -OCH3 is 1. The summed E-state index contributed by atoms with van der Waals surface area (Å²) in [6, 6.07) is 0. The highest BCUT2D eigenvalue weighted by Gasteiger charge is 2.87. The average molecular weight is 354 g/mol. The van der Waals surface area contributed by atoms with Gasteiger partial charge in [0.15, 0.2) is 0 Å². The Balaban J connectivity index is 1.51. The Morgan fingerprint density at radius 1 is 0.885 bits per heavy atom. The van der Waals surface area contributed by atoms with Gasteiger partial charge < -0.3 is 4.74 Å². The van der Waals surface area contributed by atoms with Crippen LogP contribution in [-0.4, -0.2) is 18.9 Å². The number of esters is 1. The van der Waals surface area contributed by atoms with Crippen molar-refractivity contribution < 1.29 is 14.3 Å². The van der Waals surface area contributed by atoms with E-state index in [-0.39, 0.29) is 16.8 Å². The average Bonchev–Trinajstić information content (AvgIpc) is 3.38. The van der Waals surface area contributed by atoms with Gasteiger partial charge in [0.05, 0.1) is 12.5 Å². The highest BCUT2D eigenvalue weighted by Crippen LogP contribution is 2.87. The molecule has 3 nitrogen and oxygen atoms in total. The van der Waals surface area contributed by atoms with Gasteiger partial charge in [-0.1, -0.05) is 13.3 Å². The molecule has 0 heterocycles. The van der Waals surface area contributed by atoms with Gasteiger partial charge >= 0.3 is 5.97 Å². The molecule has 7 fully saturated rings. The smallest absolute Gasteiger partial charge is 0.312 e. The van der Waals surface area contributed by atoms with E-state index in [1.54, 1.807) is 7.11 Å². The van der Waals surface area contributed by atoms with Gasteiger partial charge in [-0.25, -0.2) is 0 Å². The lowest BCUT2D eigenvalue weighted by Gasteiger charge is -2.39. The zero-order valence-electron chi connectivity index (χ0n) is 16.1. The van der Waals surface area contributed by atoms with E-state index in [0.717, 1.165) is 6.42 Å². The number of carbonyl (C=O) groups is 2. The highest BCUT2D eigenvalue weighted by molar-refractivity contribution is 5.92. The van der Waals surface area contributed by atoms with Crippen molar-refractivity contribution in [1.29, 1.82) is 0 Å². The van der Waals surface area contributed by atoms with Crippen molar-refractivity contribution in [2.45, 2.75) is 46.0 Å². The van der Waals surface area contributed by atoms with Crippen molar-refractivity contribution in [3.05, 3.63) is 0 Å². The predicted octanol–water partition coefficient (Wildman–Crippen LogP) is 3.57. The summed E-state index contributed by atoms with van der Waals surface area (Å²) in [5.41, 5.74) is -0.349. The molecule has 0 unspecified atom stereocenters. The largest absolute Gasteiger partial charge is 0.469 e. The van der Waals surface area contributed by atoms with Gasteiger partial charge in [-0.3, -0.25) is 9.59 Å².